The van der Waals surface area contributed by atoms with Gasteiger partial charge in [-0.2, -0.15) is 0 Å². The maximum atomic E-state index is 4.70. The van der Waals surface area contributed by atoms with Crippen LogP contribution in [0.15, 0.2) is 170 Å². The number of aryl methyl sites for hydroxylation is 6. The Labute approximate surface area is 343 Å². The van der Waals surface area contributed by atoms with Gasteiger partial charge in [0.2, 0.25) is 0 Å². The summed E-state index contributed by atoms with van der Waals surface area (Å²) in [6.45, 7) is 17.0. The summed E-state index contributed by atoms with van der Waals surface area (Å²) in [4.78, 5) is 9.13. The van der Waals surface area contributed by atoms with Crippen LogP contribution >= 0.6 is 11.3 Å². The van der Waals surface area contributed by atoms with E-state index in [1.807, 2.05) is 105 Å². The van der Waals surface area contributed by atoms with E-state index < -0.39 is 0 Å². The molecule has 2 nitrogen and oxygen atoms in total. The molecular weight excluding hydrogens is 709 g/mol. The van der Waals surface area contributed by atoms with E-state index >= 15 is 0 Å². The van der Waals surface area contributed by atoms with Gasteiger partial charge in [-0.1, -0.05) is 159 Å². The first-order valence-electron chi connectivity index (χ1n) is 19.8. The van der Waals surface area contributed by atoms with Crippen molar-refractivity contribution >= 4 is 31.5 Å². The van der Waals surface area contributed by atoms with E-state index in [-0.39, 0.29) is 0 Å². The quantitative estimate of drug-likeness (QED) is 0.179. The molecule has 9 aromatic rings. The lowest BCUT2D eigenvalue weighted by molar-refractivity contribution is 1.14. The number of rotatable bonds is 4. The summed E-state index contributed by atoms with van der Waals surface area (Å²) in [5.74, 6) is 0.769. The molecule has 0 aliphatic rings. The van der Waals surface area contributed by atoms with Crippen LogP contribution in [-0.2, 0) is 0 Å². The predicted molar refractivity (Wildman–Crippen MR) is 249 cm³/mol. The van der Waals surface area contributed by atoms with Gasteiger partial charge in [0.05, 0.1) is 5.69 Å². The van der Waals surface area contributed by atoms with Crippen molar-refractivity contribution in [3.8, 4) is 44.9 Å². The molecule has 0 radical (unpaired) electrons. The van der Waals surface area contributed by atoms with Gasteiger partial charge in [0.1, 0.15) is 0 Å². The Kier molecular flexibility index (Phi) is 13.6. The van der Waals surface area contributed by atoms with Gasteiger partial charge in [-0.3, -0.25) is 0 Å². The standard InChI is InChI=1S/C28H24S.C17H14N2.C7H8.C2H6/c1-17-9-5-6-10-21(17)23-15-24(19(3)13-18(23)2)25-16-26-22-11-7-8-12-27(22)29-28(26)14-20(25)4;1-13-12-18-17(15-10-6-3-7-11-15)19-16(13)14-8-4-2-5-9-14;1-7-5-3-2-4-6-7;1-2/h5-16H,1-4H3;2-12H,1H3;2-6H,1H3;1-2H3. The van der Waals surface area contributed by atoms with Crippen molar-refractivity contribution in [1.82, 2.24) is 9.97 Å². The predicted octanol–water partition coefficient (Wildman–Crippen LogP) is 15.8. The second-order valence-electron chi connectivity index (χ2n) is 14.2. The molecule has 9 rings (SSSR count). The first-order valence-corrected chi connectivity index (χ1v) is 20.6. The van der Waals surface area contributed by atoms with Crippen molar-refractivity contribution in [2.75, 3.05) is 0 Å². The number of thiophene rings is 1. The monoisotopic (exact) mass is 760 g/mol. The average molecular weight is 761 g/mol. The highest BCUT2D eigenvalue weighted by Crippen LogP contribution is 2.40. The Balaban J connectivity index is 0.000000167. The van der Waals surface area contributed by atoms with Crippen LogP contribution in [0.3, 0.4) is 0 Å². The first kappa shape index (κ1) is 40.5. The third kappa shape index (κ3) is 9.63. The van der Waals surface area contributed by atoms with Crippen LogP contribution in [0.5, 0.6) is 0 Å². The van der Waals surface area contributed by atoms with Crippen LogP contribution in [0.25, 0.3) is 65.1 Å². The van der Waals surface area contributed by atoms with E-state index in [0.29, 0.717) is 0 Å². The molecule has 284 valence electrons. The third-order valence-corrected chi connectivity index (χ3v) is 11.1. The Morgan fingerprint density at radius 1 is 0.386 bits per heavy atom. The summed E-state index contributed by atoms with van der Waals surface area (Å²) < 4.78 is 2.73. The van der Waals surface area contributed by atoms with Gasteiger partial charge < -0.3 is 0 Å². The van der Waals surface area contributed by atoms with Crippen molar-refractivity contribution in [2.24, 2.45) is 0 Å². The molecule has 57 heavy (non-hydrogen) atoms. The minimum atomic E-state index is 0.769. The van der Waals surface area contributed by atoms with E-state index in [4.69, 9.17) is 4.98 Å². The largest absolute Gasteiger partial charge is 0.236 e. The Morgan fingerprint density at radius 2 is 0.912 bits per heavy atom. The molecule has 0 amide bonds. The van der Waals surface area contributed by atoms with Gasteiger partial charge in [0.25, 0.3) is 0 Å². The van der Waals surface area contributed by atoms with E-state index in [2.05, 4.69) is 137 Å². The van der Waals surface area contributed by atoms with Crippen LogP contribution in [0.4, 0.5) is 0 Å². The molecule has 0 N–H and O–H groups in total. The van der Waals surface area contributed by atoms with Crippen molar-refractivity contribution in [3.63, 3.8) is 0 Å². The van der Waals surface area contributed by atoms with Gasteiger partial charge in [-0.05, 0) is 116 Å². The second kappa shape index (κ2) is 19.1. The fraction of sp³-hybridized carbons (Fsp3) is 0.148. The Morgan fingerprint density at radius 3 is 1.54 bits per heavy atom. The van der Waals surface area contributed by atoms with Crippen LogP contribution < -0.4 is 0 Å². The Bertz CT molecular complexity index is 2690. The molecule has 2 heterocycles. The number of benzene rings is 7. The molecule has 0 fully saturated rings. The Hall–Kier alpha value is -6.16. The van der Waals surface area contributed by atoms with E-state index in [0.717, 1.165) is 28.2 Å². The fourth-order valence-corrected chi connectivity index (χ4v) is 8.25. The van der Waals surface area contributed by atoms with Gasteiger partial charge in [0.15, 0.2) is 5.82 Å². The fourth-order valence-electron chi connectivity index (χ4n) is 7.06. The van der Waals surface area contributed by atoms with Gasteiger partial charge >= 0.3 is 0 Å². The van der Waals surface area contributed by atoms with Gasteiger partial charge in [0, 0.05) is 37.5 Å². The normalized spacial score (nSPS) is 10.5. The smallest absolute Gasteiger partial charge is 0.159 e. The summed E-state index contributed by atoms with van der Waals surface area (Å²) >= 11 is 1.89. The number of hydrogen-bond acceptors (Lipinski definition) is 3. The zero-order valence-corrected chi connectivity index (χ0v) is 35.3. The number of aromatic nitrogens is 2. The summed E-state index contributed by atoms with van der Waals surface area (Å²) in [6.07, 6.45) is 1.89. The van der Waals surface area contributed by atoms with Crippen LogP contribution in [0.2, 0.25) is 0 Å². The van der Waals surface area contributed by atoms with E-state index in [1.165, 1.54) is 70.2 Å². The summed E-state index contributed by atoms with van der Waals surface area (Å²) in [7, 11) is 0. The molecule has 0 unspecified atom stereocenters. The molecule has 2 aromatic heterocycles. The average Bonchev–Trinajstić information content (AvgIpc) is 3.60. The zero-order valence-electron chi connectivity index (χ0n) is 34.5. The minimum absolute atomic E-state index is 0.769. The molecule has 3 heteroatoms. The van der Waals surface area contributed by atoms with E-state index in [1.54, 1.807) is 0 Å². The highest BCUT2D eigenvalue weighted by Gasteiger charge is 2.14. The van der Waals surface area contributed by atoms with Crippen LogP contribution in [-0.4, -0.2) is 9.97 Å². The SMILES string of the molecule is CC.Cc1ccccc1.Cc1ccccc1-c1cc(-c2cc3c(cc2C)sc2ccccc23)c(C)cc1C.Cc1cnc(-c2ccccc2)nc1-c1ccccc1. The molecule has 0 aliphatic heterocycles. The molecule has 0 bridgehead atoms. The highest BCUT2D eigenvalue weighted by atomic mass is 32.1. The lowest BCUT2D eigenvalue weighted by Crippen LogP contribution is -1.94. The molecule has 0 aliphatic carbocycles. The lowest BCUT2D eigenvalue weighted by atomic mass is 9.88. The highest BCUT2D eigenvalue weighted by molar-refractivity contribution is 7.25. The van der Waals surface area contributed by atoms with Crippen LogP contribution in [0.1, 0.15) is 47.2 Å². The minimum Gasteiger partial charge on any atom is -0.236 e. The maximum absolute atomic E-state index is 4.70. The van der Waals surface area contributed by atoms with Crippen LogP contribution in [0, 0.1) is 41.5 Å². The second-order valence-corrected chi connectivity index (χ2v) is 15.3. The van der Waals surface area contributed by atoms with Crippen molar-refractivity contribution in [1.29, 1.82) is 0 Å². The number of fused-ring (bicyclic) bond motifs is 3. The third-order valence-electron chi connectivity index (χ3n) is 10.0. The summed E-state index contributed by atoms with van der Waals surface area (Å²) in [5, 5.41) is 2.72. The molecule has 7 aromatic carbocycles. The maximum Gasteiger partial charge on any atom is 0.159 e. The number of nitrogens with zero attached hydrogens (tertiary/aromatic N) is 2. The van der Waals surface area contributed by atoms with Gasteiger partial charge in [-0.15, -0.1) is 11.3 Å². The van der Waals surface area contributed by atoms with Crippen molar-refractivity contribution in [2.45, 2.75) is 55.4 Å². The summed E-state index contributed by atoms with van der Waals surface area (Å²) in [6, 6.07) is 57.5. The van der Waals surface area contributed by atoms with Crippen molar-refractivity contribution in [3.05, 3.63) is 203 Å². The zero-order chi connectivity index (χ0) is 40.3. The molecule has 0 atom stereocenters. The summed E-state index contributed by atoms with van der Waals surface area (Å²) in [5.41, 5.74) is 16.2. The first-order chi connectivity index (χ1) is 27.8. The van der Waals surface area contributed by atoms with Crippen molar-refractivity contribution < 1.29 is 0 Å². The topological polar surface area (TPSA) is 25.8 Å². The molecule has 0 spiro atoms. The molecule has 0 saturated carbocycles. The molecular formula is C54H52N2S. The lowest BCUT2D eigenvalue weighted by Gasteiger charge is -2.16. The number of hydrogen-bond donors (Lipinski definition) is 0. The molecule has 0 saturated heterocycles. The van der Waals surface area contributed by atoms with Gasteiger partial charge in [-0.25, -0.2) is 9.97 Å². The van der Waals surface area contributed by atoms with E-state index in [9.17, 15) is 0 Å².